The lowest BCUT2D eigenvalue weighted by Gasteiger charge is -2.37. The highest BCUT2D eigenvalue weighted by molar-refractivity contribution is 5.64. The summed E-state index contributed by atoms with van der Waals surface area (Å²) in [6, 6.07) is 11.0. The van der Waals surface area contributed by atoms with Crippen LogP contribution in [0.15, 0.2) is 30.3 Å². The van der Waals surface area contributed by atoms with E-state index in [0.29, 0.717) is 6.04 Å². The molecule has 1 aromatic rings. The van der Waals surface area contributed by atoms with Crippen LogP contribution in [0.1, 0.15) is 24.8 Å². The summed E-state index contributed by atoms with van der Waals surface area (Å²) < 4.78 is 5.91. The first-order valence-corrected chi connectivity index (χ1v) is 8.10. The van der Waals surface area contributed by atoms with E-state index in [0.717, 1.165) is 45.4 Å². The summed E-state index contributed by atoms with van der Waals surface area (Å²) in [5.74, 6) is 0. The second-order valence-corrected chi connectivity index (χ2v) is 6.29. The van der Waals surface area contributed by atoms with Crippen molar-refractivity contribution in [3.05, 3.63) is 35.9 Å². The Balaban J connectivity index is 1.52. The average Bonchev–Trinajstić information content (AvgIpc) is 2.96. The molecule has 0 spiro atoms. The quantitative estimate of drug-likeness (QED) is 0.894. The fourth-order valence-electron chi connectivity index (χ4n) is 3.67. The second kappa shape index (κ2) is 7.11. The first-order chi connectivity index (χ1) is 10.7. The number of nitrogens with zero attached hydrogens (tertiary/aromatic N) is 1. The highest BCUT2D eigenvalue weighted by Crippen LogP contribution is 2.26. The second-order valence-electron chi connectivity index (χ2n) is 6.29. The number of rotatable bonds is 4. The zero-order valence-electron chi connectivity index (χ0n) is 12.8. The number of benzene rings is 1. The molecule has 3 rings (SSSR count). The Morgan fingerprint density at radius 3 is 2.91 bits per heavy atom. The lowest BCUT2D eigenvalue weighted by atomic mass is 10.1. The van der Waals surface area contributed by atoms with Gasteiger partial charge in [0.1, 0.15) is 0 Å². The third kappa shape index (κ3) is 3.99. The van der Waals surface area contributed by atoms with Crippen LogP contribution in [0.5, 0.6) is 0 Å². The molecule has 1 aliphatic heterocycles. The minimum atomic E-state index is -0.908. The van der Waals surface area contributed by atoms with E-state index in [1.807, 2.05) is 6.07 Å². The molecule has 2 N–H and O–H groups in total. The predicted octanol–water partition coefficient (Wildman–Crippen LogP) is 2.12. The highest BCUT2D eigenvalue weighted by atomic mass is 16.5. The van der Waals surface area contributed by atoms with Crippen molar-refractivity contribution in [3.63, 3.8) is 0 Å². The minimum Gasteiger partial charge on any atom is -0.465 e. The van der Waals surface area contributed by atoms with Crippen LogP contribution in [-0.2, 0) is 11.2 Å². The Labute approximate surface area is 131 Å². The fourth-order valence-corrected chi connectivity index (χ4v) is 3.67. The molecule has 120 valence electrons. The molecule has 1 saturated carbocycles. The Bertz CT molecular complexity index is 494. The van der Waals surface area contributed by atoms with E-state index in [4.69, 9.17) is 9.84 Å². The van der Waals surface area contributed by atoms with Gasteiger partial charge in [0.05, 0.1) is 12.7 Å². The summed E-state index contributed by atoms with van der Waals surface area (Å²) in [5, 5.41) is 11.5. The van der Waals surface area contributed by atoms with Crippen molar-refractivity contribution in [3.8, 4) is 0 Å². The van der Waals surface area contributed by atoms with Crippen molar-refractivity contribution < 1.29 is 14.6 Å². The van der Waals surface area contributed by atoms with Crippen molar-refractivity contribution in [2.75, 3.05) is 19.7 Å². The van der Waals surface area contributed by atoms with Crippen LogP contribution in [0, 0.1) is 0 Å². The lowest BCUT2D eigenvalue weighted by Crippen LogP contribution is -2.48. The number of ether oxygens (including phenoxy) is 1. The number of hydrogen-bond donors (Lipinski definition) is 2. The van der Waals surface area contributed by atoms with Crippen LogP contribution in [0.4, 0.5) is 4.79 Å². The van der Waals surface area contributed by atoms with Crippen LogP contribution >= 0.6 is 0 Å². The van der Waals surface area contributed by atoms with Gasteiger partial charge in [0.25, 0.3) is 0 Å². The zero-order chi connectivity index (χ0) is 15.4. The maximum Gasteiger partial charge on any atom is 0.404 e. The van der Waals surface area contributed by atoms with E-state index < -0.39 is 6.09 Å². The summed E-state index contributed by atoms with van der Waals surface area (Å²) in [6.07, 6.45) is 3.21. The van der Waals surface area contributed by atoms with Crippen LogP contribution < -0.4 is 5.32 Å². The summed E-state index contributed by atoms with van der Waals surface area (Å²) >= 11 is 0. The molecule has 0 aromatic heterocycles. The molecule has 1 amide bonds. The zero-order valence-corrected chi connectivity index (χ0v) is 12.8. The summed E-state index contributed by atoms with van der Waals surface area (Å²) in [4.78, 5) is 13.2. The fraction of sp³-hybridized carbons (Fsp3) is 0.588. The van der Waals surface area contributed by atoms with Gasteiger partial charge in [-0.3, -0.25) is 4.90 Å². The molecule has 5 heteroatoms. The smallest absolute Gasteiger partial charge is 0.404 e. The van der Waals surface area contributed by atoms with Crippen LogP contribution in [0.2, 0.25) is 0 Å². The highest BCUT2D eigenvalue weighted by Gasteiger charge is 2.33. The standard InChI is InChI=1S/C17H24N2O3/c20-17(21)18-14-6-7-15(11-14)19-8-9-22-16(12-19)10-13-4-2-1-3-5-13/h1-5,14-16,18H,6-12H2,(H,20,21)/t14?,15-,16?/m1/s1. The van der Waals surface area contributed by atoms with E-state index in [9.17, 15) is 4.79 Å². The first kappa shape index (κ1) is 15.3. The van der Waals surface area contributed by atoms with Gasteiger partial charge in [-0.25, -0.2) is 4.79 Å². The molecular formula is C17H24N2O3. The Kier molecular flexibility index (Phi) is 4.95. The number of carbonyl (C=O) groups is 1. The van der Waals surface area contributed by atoms with E-state index in [-0.39, 0.29) is 12.1 Å². The summed E-state index contributed by atoms with van der Waals surface area (Å²) in [7, 11) is 0. The van der Waals surface area contributed by atoms with Gasteiger partial charge in [0, 0.05) is 25.2 Å². The van der Waals surface area contributed by atoms with E-state index in [1.54, 1.807) is 0 Å². The number of morpholine rings is 1. The number of amides is 1. The van der Waals surface area contributed by atoms with Gasteiger partial charge >= 0.3 is 6.09 Å². The molecule has 2 aliphatic rings. The van der Waals surface area contributed by atoms with Crippen molar-refractivity contribution in [2.24, 2.45) is 0 Å². The predicted molar refractivity (Wildman–Crippen MR) is 84.0 cm³/mol. The molecule has 1 heterocycles. The summed E-state index contributed by atoms with van der Waals surface area (Å²) in [6.45, 7) is 2.67. The number of hydrogen-bond acceptors (Lipinski definition) is 3. The third-order valence-corrected chi connectivity index (χ3v) is 4.73. The molecule has 2 unspecified atom stereocenters. The van der Waals surface area contributed by atoms with E-state index >= 15 is 0 Å². The molecule has 1 aromatic carbocycles. The van der Waals surface area contributed by atoms with Gasteiger partial charge in [-0.1, -0.05) is 30.3 Å². The van der Waals surface area contributed by atoms with Gasteiger partial charge in [0.15, 0.2) is 0 Å². The number of nitrogens with one attached hydrogen (secondary N) is 1. The van der Waals surface area contributed by atoms with Gasteiger partial charge in [0.2, 0.25) is 0 Å². The van der Waals surface area contributed by atoms with Crippen molar-refractivity contribution in [2.45, 2.75) is 43.9 Å². The molecule has 0 bridgehead atoms. The van der Waals surface area contributed by atoms with Crippen molar-refractivity contribution in [1.82, 2.24) is 10.2 Å². The monoisotopic (exact) mass is 304 g/mol. The minimum absolute atomic E-state index is 0.109. The molecule has 2 fully saturated rings. The average molecular weight is 304 g/mol. The maximum atomic E-state index is 10.7. The lowest BCUT2D eigenvalue weighted by molar-refractivity contribution is -0.0418. The van der Waals surface area contributed by atoms with Crippen LogP contribution in [0.3, 0.4) is 0 Å². The molecule has 5 nitrogen and oxygen atoms in total. The Morgan fingerprint density at radius 2 is 2.14 bits per heavy atom. The molecule has 22 heavy (non-hydrogen) atoms. The third-order valence-electron chi connectivity index (χ3n) is 4.73. The Hall–Kier alpha value is -1.59. The normalized spacial score (nSPS) is 29.4. The molecule has 1 aliphatic carbocycles. The van der Waals surface area contributed by atoms with E-state index in [2.05, 4.69) is 34.5 Å². The number of carboxylic acid groups (broad SMARTS) is 1. The molecular weight excluding hydrogens is 280 g/mol. The maximum absolute atomic E-state index is 10.7. The van der Waals surface area contributed by atoms with Crippen molar-refractivity contribution in [1.29, 1.82) is 0 Å². The first-order valence-electron chi connectivity index (χ1n) is 8.10. The van der Waals surface area contributed by atoms with Gasteiger partial charge in [-0.05, 0) is 31.2 Å². The van der Waals surface area contributed by atoms with Crippen LogP contribution in [-0.4, -0.2) is 54.0 Å². The van der Waals surface area contributed by atoms with Crippen molar-refractivity contribution >= 4 is 6.09 Å². The van der Waals surface area contributed by atoms with Crippen LogP contribution in [0.25, 0.3) is 0 Å². The summed E-state index contributed by atoms with van der Waals surface area (Å²) in [5.41, 5.74) is 1.31. The van der Waals surface area contributed by atoms with Gasteiger partial charge < -0.3 is 15.2 Å². The molecule has 3 atom stereocenters. The largest absolute Gasteiger partial charge is 0.465 e. The van der Waals surface area contributed by atoms with Gasteiger partial charge in [-0.2, -0.15) is 0 Å². The van der Waals surface area contributed by atoms with Gasteiger partial charge in [-0.15, -0.1) is 0 Å². The Morgan fingerprint density at radius 1 is 1.32 bits per heavy atom. The molecule has 1 saturated heterocycles. The van der Waals surface area contributed by atoms with E-state index in [1.165, 1.54) is 5.56 Å². The SMILES string of the molecule is O=C(O)NC1CC[C@@H](N2CCOC(Cc3ccccc3)C2)C1. The topological polar surface area (TPSA) is 61.8 Å². The molecule has 0 radical (unpaired) electrons.